The van der Waals surface area contributed by atoms with Crippen molar-refractivity contribution in [3.63, 3.8) is 0 Å². The molecule has 128 valence electrons. The first kappa shape index (κ1) is 17.5. The molecule has 7 heteroatoms. The normalized spacial score (nSPS) is 10.7. The molecule has 0 saturated carbocycles. The van der Waals surface area contributed by atoms with E-state index in [4.69, 9.17) is 11.6 Å². The second-order valence-corrected chi connectivity index (χ2v) is 7.01. The van der Waals surface area contributed by atoms with Crippen LogP contribution in [0.2, 0.25) is 5.02 Å². The van der Waals surface area contributed by atoms with E-state index in [2.05, 4.69) is 20.5 Å². The molecule has 2 aromatic carbocycles. The number of thioether (sulfide) groups is 1. The third kappa shape index (κ3) is 4.61. The summed E-state index contributed by atoms with van der Waals surface area (Å²) in [6, 6.07) is 13.2. The maximum atomic E-state index is 12.1. The van der Waals surface area contributed by atoms with Gasteiger partial charge in [-0.1, -0.05) is 41.1 Å². The molecule has 3 rings (SSSR count). The topological polar surface area (TPSA) is 70.7 Å². The number of H-pyrrole nitrogens is 1. The number of hydrogen-bond acceptors (Lipinski definition) is 4. The Morgan fingerprint density at radius 1 is 1.20 bits per heavy atom. The number of rotatable bonds is 5. The highest BCUT2D eigenvalue weighted by Crippen LogP contribution is 2.21. The van der Waals surface area contributed by atoms with Gasteiger partial charge in [0.05, 0.1) is 5.75 Å². The molecule has 0 bridgehead atoms. The van der Waals surface area contributed by atoms with Crippen LogP contribution >= 0.6 is 23.4 Å². The summed E-state index contributed by atoms with van der Waals surface area (Å²) in [7, 11) is 0. The Morgan fingerprint density at radius 2 is 1.96 bits per heavy atom. The van der Waals surface area contributed by atoms with Gasteiger partial charge >= 0.3 is 0 Å². The lowest BCUT2D eigenvalue weighted by Gasteiger charge is -2.08. The summed E-state index contributed by atoms with van der Waals surface area (Å²) in [6.45, 7) is 4.00. The van der Waals surface area contributed by atoms with E-state index in [0.717, 1.165) is 16.8 Å². The van der Waals surface area contributed by atoms with Crippen molar-refractivity contribution < 1.29 is 4.79 Å². The number of carbonyl (C=O) groups is 1. The summed E-state index contributed by atoms with van der Waals surface area (Å²) in [4.78, 5) is 16.5. The number of halogens is 1. The van der Waals surface area contributed by atoms with Gasteiger partial charge in [-0.05, 0) is 49.7 Å². The van der Waals surface area contributed by atoms with Crippen LogP contribution in [0.15, 0.2) is 47.6 Å². The molecule has 0 aliphatic rings. The summed E-state index contributed by atoms with van der Waals surface area (Å²) in [5, 5.41) is 11.1. The van der Waals surface area contributed by atoms with Gasteiger partial charge in [-0.3, -0.25) is 9.89 Å². The minimum Gasteiger partial charge on any atom is -0.325 e. The Morgan fingerprint density at radius 3 is 2.68 bits per heavy atom. The summed E-state index contributed by atoms with van der Waals surface area (Å²) >= 11 is 7.16. The Bertz CT molecular complexity index is 892. The highest BCUT2D eigenvalue weighted by atomic mass is 35.5. The zero-order valence-corrected chi connectivity index (χ0v) is 15.4. The second-order valence-electron chi connectivity index (χ2n) is 5.63. The Hall–Kier alpha value is -2.31. The predicted molar refractivity (Wildman–Crippen MR) is 102 cm³/mol. The molecule has 1 aromatic heterocycles. The van der Waals surface area contributed by atoms with Crippen molar-refractivity contribution in [1.29, 1.82) is 0 Å². The van der Waals surface area contributed by atoms with Crippen molar-refractivity contribution >= 4 is 35.0 Å². The minimum atomic E-state index is -0.0882. The number of anilines is 1. The predicted octanol–water partition coefficient (Wildman–Crippen LogP) is 4.47. The molecule has 3 aromatic rings. The van der Waals surface area contributed by atoms with Gasteiger partial charge in [0.1, 0.15) is 0 Å². The molecular weight excluding hydrogens is 356 g/mol. The number of benzene rings is 2. The first-order chi connectivity index (χ1) is 12.0. The van der Waals surface area contributed by atoms with E-state index in [1.54, 1.807) is 12.1 Å². The van der Waals surface area contributed by atoms with Crippen LogP contribution in [-0.4, -0.2) is 26.8 Å². The van der Waals surface area contributed by atoms with E-state index < -0.39 is 0 Å². The Labute approximate surface area is 155 Å². The molecule has 25 heavy (non-hydrogen) atoms. The van der Waals surface area contributed by atoms with Gasteiger partial charge in [-0.15, -0.1) is 5.10 Å². The maximum Gasteiger partial charge on any atom is 0.234 e. The average molecular weight is 373 g/mol. The van der Waals surface area contributed by atoms with Crippen LogP contribution in [0.3, 0.4) is 0 Å². The summed E-state index contributed by atoms with van der Waals surface area (Å²) in [6.07, 6.45) is 0. The molecule has 0 fully saturated rings. The van der Waals surface area contributed by atoms with Crippen molar-refractivity contribution in [3.8, 4) is 11.4 Å². The zero-order valence-electron chi connectivity index (χ0n) is 13.8. The number of hydrogen-bond donors (Lipinski definition) is 2. The van der Waals surface area contributed by atoms with Crippen LogP contribution < -0.4 is 5.32 Å². The number of aromatic amines is 1. The lowest BCUT2D eigenvalue weighted by molar-refractivity contribution is -0.113. The molecule has 0 unspecified atom stereocenters. The highest BCUT2D eigenvalue weighted by molar-refractivity contribution is 7.99. The zero-order chi connectivity index (χ0) is 17.8. The van der Waals surface area contributed by atoms with Gasteiger partial charge in [0.25, 0.3) is 0 Å². The van der Waals surface area contributed by atoms with Gasteiger partial charge in [0, 0.05) is 16.3 Å². The smallest absolute Gasteiger partial charge is 0.234 e. The highest BCUT2D eigenvalue weighted by Gasteiger charge is 2.10. The molecule has 0 spiro atoms. The molecule has 0 aliphatic carbocycles. The van der Waals surface area contributed by atoms with Gasteiger partial charge < -0.3 is 5.32 Å². The fraction of sp³-hybridized carbons (Fsp3) is 0.167. The lowest BCUT2D eigenvalue weighted by atomic mass is 10.1. The maximum absolute atomic E-state index is 12.1. The Kier molecular flexibility index (Phi) is 5.40. The lowest BCUT2D eigenvalue weighted by Crippen LogP contribution is -2.15. The van der Waals surface area contributed by atoms with E-state index in [1.165, 1.54) is 17.3 Å². The molecule has 0 saturated heterocycles. The van der Waals surface area contributed by atoms with Crippen molar-refractivity contribution in [1.82, 2.24) is 15.2 Å². The van der Waals surface area contributed by atoms with Gasteiger partial charge in [-0.2, -0.15) is 0 Å². The fourth-order valence-corrected chi connectivity index (χ4v) is 3.04. The second kappa shape index (κ2) is 7.72. The fourth-order valence-electron chi connectivity index (χ4n) is 2.32. The number of nitrogens with one attached hydrogen (secondary N) is 2. The van der Waals surface area contributed by atoms with Crippen LogP contribution in [0.4, 0.5) is 5.69 Å². The van der Waals surface area contributed by atoms with Crippen molar-refractivity contribution in [2.75, 3.05) is 11.1 Å². The van der Waals surface area contributed by atoms with E-state index >= 15 is 0 Å². The average Bonchev–Trinajstić information content (AvgIpc) is 3.05. The number of nitrogens with zero attached hydrogens (tertiary/aromatic N) is 2. The third-order valence-corrected chi connectivity index (χ3v) is 4.67. The standard InChI is InChI=1S/C18H17ClN4OS/c1-11-3-8-15(12(2)9-11)20-16(24)10-25-18-21-17(22-23-18)13-4-6-14(19)7-5-13/h3-9H,10H2,1-2H3,(H,20,24)(H,21,22,23). The van der Waals surface area contributed by atoms with Crippen molar-refractivity contribution in [2.45, 2.75) is 19.0 Å². The number of aryl methyl sites for hydroxylation is 2. The molecule has 0 radical (unpaired) electrons. The molecular formula is C18H17ClN4OS. The third-order valence-electron chi connectivity index (χ3n) is 3.57. The largest absolute Gasteiger partial charge is 0.325 e. The molecule has 0 aliphatic heterocycles. The molecule has 0 atom stereocenters. The van der Waals surface area contributed by atoms with Gasteiger partial charge in [-0.25, -0.2) is 4.98 Å². The quantitative estimate of drug-likeness (QED) is 0.648. The van der Waals surface area contributed by atoms with E-state index in [-0.39, 0.29) is 11.7 Å². The van der Waals surface area contributed by atoms with Crippen molar-refractivity contribution in [3.05, 3.63) is 58.6 Å². The number of carbonyl (C=O) groups excluding carboxylic acids is 1. The SMILES string of the molecule is Cc1ccc(NC(=O)CSc2n[nH]c(-c3ccc(Cl)cc3)n2)c(C)c1. The first-order valence-electron chi connectivity index (χ1n) is 7.69. The van der Waals surface area contributed by atoms with Crippen LogP contribution in [0.1, 0.15) is 11.1 Å². The summed E-state index contributed by atoms with van der Waals surface area (Å²) < 4.78 is 0. The molecule has 1 heterocycles. The molecule has 5 nitrogen and oxygen atoms in total. The van der Waals surface area contributed by atoms with Crippen LogP contribution in [0.5, 0.6) is 0 Å². The van der Waals surface area contributed by atoms with Gasteiger partial charge in [0.15, 0.2) is 5.82 Å². The van der Waals surface area contributed by atoms with Crippen LogP contribution in [-0.2, 0) is 4.79 Å². The monoisotopic (exact) mass is 372 g/mol. The van der Waals surface area contributed by atoms with E-state index in [0.29, 0.717) is 16.0 Å². The van der Waals surface area contributed by atoms with Gasteiger partial charge in [0.2, 0.25) is 11.1 Å². The van der Waals surface area contributed by atoms with Crippen LogP contribution in [0, 0.1) is 13.8 Å². The summed E-state index contributed by atoms with van der Waals surface area (Å²) in [5.74, 6) is 0.800. The molecule has 1 amide bonds. The van der Waals surface area contributed by atoms with Crippen LogP contribution in [0.25, 0.3) is 11.4 Å². The minimum absolute atomic E-state index is 0.0882. The number of aromatic nitrogens is 3. The van der Waals surface area contributed by atoms with Crippen molar-refractivity contribution in [2.24, 2.45) is 0 Å². The van der Waals surface area contributed by atoms with E-state index in [9.17, 15) is 4.79 Å². The molecule has 2 N–H and O–H groups in total. The van der Waals surface area contributed by atoms with E-state index in [1.807, 2.05) is 44.2 Å². The first-order valence-corrected chi connectivity index (χ1v) is 9.06. The Balaban J connectivity index is 1.58. The number of amides is 1. The summed E-state index contributed by atoms with van der Waals surface area (Å²) in [5.41, 5.74) is 3.93.